The summed E-state index contributed by atoms with van der Waals surface area (Å²) in [4.78, 5) is 9.26. The zero-order valence-electron chi connectivity index (χ0n) is 7.89. The topological polar surface area (TPSA) is 46.5 Å². The zero-order valence-corrected chi connectivity index (χ0v) is 12.6. The lowest BCUT2D eigenvalue weighted by Crippen LogP contribution is -1.92. The van der Waals surface area contributed by atoms with Crippen molar-refractivity contribution in [3.05, 3.63) is 37.5 Å². The number of benzene rings is 1. The van der Waals surface area contributed by atoms with E-state index in [0.29, 0.717) is 0 Å². The van der Waals surface area contributed by atoms with E-state index in [2.05, 4.69) is 6.58 Å². The van der Waals surface area contributed by atoms with Crippen LogP contribution < -0.4 is 4.52 Å². The molecule has 1 unspecified atom stereocenters. The molecule has 0 aliphatic heterocycles. The second-order valence-electron chi connectivity index (χ2n) is 2.74. The summed E-state index contributed by atoms with van der Waals surface area (Å²) in [7, 11) is -4.07. The van der Waals surface area contributed by atoms with Crippen molar-refractivity contribution in [2.24, 2.45) is 0 Å². The van der Waals surface area contributed by atoms with Crippen LogP contribution in [0.25, 0.3) is 0 Å². The molecule has 1 aromatic carbocycles. The summed E-state index contributed by atoms with van der Waals surface area (Å²) in [5.41, 5.74) is 0. The lowest BCUT2D eigenvalue weighted by molar-refractivity contribution is 0.392. The summed E-state index contributed by atoms with van der Waals surface area (Å²) in [6, 6.07) is 0. The minimum atomic E-state index is -4.07. The molecule has 0 aliphatic carbocycles. The highest BCUT2D eigenvalue weighted by atomic mass is 35.5. The van der Waals surface area contributed by atoms with Gasteiger partial charge in [0.2, 0.25) is 0 Å². The first-order chi connectivity index (χ1) is 7.71. The average Bonchev–Trinajstić information content (AvgIpc) is 2.30. The van der Waals surface area contributed by atoms with E-state index in [-0.39, 0.29) is 30.9 Å². The Morgan fingerprint density at radius 2 is 1.35 bits per heavy atom. The van der Waals surface area contributed by atoms with Crippen molar-refractivity contribution in [3.63, 3.8) is 0 Å². The third kappa shape index (κ3) is 3.24. The highest BCUT2D eigenvalue weighted by Crippen LogP contribution is 2.54. The van der Waals surface area contributed by atoms with Crippen molar-refractivity contribution >= 4 is 65.6 Å². The monoisotopic (exact) mass is 354 g/mol. The van der Waals surface area contributed by atoms with Crippen LogP contribution in [0.15, 0.2) is 12.4 Å². The Kier molecular flexibility index (Phi) is 5.07. The molecule has 0 saturated heterocycles. The average molecular weight is 356 g/mol. The summed E-state index contributed by atoms with van der Waals surface area (Å²) in [6.45, 7) is 3.13. The summed E-state index contributed by atoms with van der Waals surface area (Å²) in [6.07, 6.45) is 0. The Morgan fingerprint density at radius 1 is 1.00 bits per heavy atom. The van der Waals surface area contributed by atoms with Crippen LogP contribution in [0, 0.1) is 0 Å². The highest BCUT2D eigenvalue weighted by molar-refractivity contribution is 7.56. The molecule has 0 heterocycles. The van der Waals surface area contributed by atoms with Gasteiger partial charge in [0.25, 0.3) is 0 Å². The Bertz CT molecular complexity index is 501. The van der Waals surface area contributed by atoms with E-state index in [4.69, 9.17) is 62.5 Å². The van der Waals surface area contributed by atoms with Crippen LogP contribution in [0.3, 0.4) is 0 Å². The second-order valence-corrected chi connectivity index (χ2v) is 6.30. The molecule has 9 heteroatoms. The van der Waals surface area contributed by atoms with Gasteiger partial charge in [0, 0.05) is 5.82 Å². The molecule has 0 fully saturated rings. The third-order valence-electron chi connectivity index (χ3n) is 1.62. The van der Waals surface area contributed by atoms with Gasteiger partial charge in [0.1, 0.15) is 10.0 Å². The summed E-state index contributed by atoms with van der Waals surface area (Å²) >= 11 is 28.8. The van der Waals surface area contributed by atoms with Gasteiger partial charge in [-0.05, 0) is 0 Å². The van der Waals surface area contributed by atoms with Gasteiger partial charge in [0.05, 0.1) is 15.1 Å². The lowest BCUT2D eigenvalue weighted by Gasteiger charge is -2.15. The van der Waals surface area contributed by atoms with Gasteiger partial charge in [-0.1, -0.05) is 64.6 Å². The van der Waals surface area contributed by atoms with E-state index in [1.54, 1.807) is 0 Å². The zero-order chi connectivity index (χ0) is 13.4. The van der Waals surface area contributed by atoms with Crippen LogP contribution in [-0.2, 0) is 4.57 Å². The Labute approximate surface area is 122 Å². The van der Waals surface area contributed by atoms with Crippen molar-refractivity contribution in [1.29, 1.82) is 0 Å². The molecule has 1 atom stereocenters. The Hall–Kier alpha value is 0.400. The van der Waals surface area contributed by atoms with Crippen LogP contribution >= 0.6 is 65.6 Å². The van der Waals surface area contributed by atoms with Crippen LogP contribution in [0.1, 0.15) is 0 Å². The molecule has 0 aromatic heterocycles. The summed E-state index contributed by atoms with van der Waals surface area (Å²) in [5, 5.41) is -0.727. The smallest absolute Gasteiger partial charge is 0.400 e. The van der Waals surface area contributed by atoms with Gasteiger partial charge in [0.15, 0.2) is 5.75 Å². The van der Waals surface area contributed by atoms with Crippen LogP contribution in [-0.4, -0.2) is 4.89 Å². The van der Waals surface area contributed by atoms with Crippen LogP contribution in [0.5, 0.6) is 5.75 Å². The quantitative estimate of drug-likeness (QED) is 0.432. The first kappa shape index (κ1) is 15.5. The van der Waals surface area contributed by atoms with E-state index in [0.717, 1.165) is 5.82 Å². The van der Waals surface area contributed by atoms with E-state index >= 15 is 0 Å². The minimum absolute atomic E-state index is 0.0675. The predicted molar refractivity (Wildman–Crippen MR) is 72.1 cm³/mol. The van der Waals surface area contributed by atoms with Gasteiger partial charge in [-0.3, -0.25) is 0 Å². The molecule has 0 aliphatic rings. The largest absolute Gasteiger partial charge is 0.418 e. The first-order valence-corrected chi connectivity index (χ1v) is 7.42. The van der Waals surface area contributed by atoms with E-state index < -0.39 is 7.60 Å². The fraction of sp³-hybridized carbons (Fsp3) is 0. The Morgan fingerprint density at radius 3 is 1.71 bits per heavy atom. The fourth-order valence-electron chi connectivity index (χ4n) is 0.833. The number of halogens is 5. The number of rotatable bonds is 3. The molecule has 1 N–H and O–H groups in total. The maximum absolute atomic E-state index is 11.3. The number of hydrogen-bond acceptors (Lipinski definition) is 2. The van der Waals surface area contributed by atoms with Gasteiger partial charge in [-0.2, -0.15) is 0 Å². The molecule has 3 nitrogen and oxygen atoms in total. The van der Waals surface area contributed by atoms with Crippen LogP contribution in [0.2, 0.25) is 25.1 Å². The maximum atomic E-state index is 11.3. The van der Waals surface area contributed by atoms with E-state index in [1.165, 1.54) is 0 Å². The number of hydrogen-bond donors (Lipinski definition) is 1. The van der Waals surface area contributed by atoms with Gasteiger partial charge >= 0.3 is 7.60 Å². The standard InChI is InChI=1S/C8H4Cl5O3P/c1-2-17(14,15)16-8-6(12)4(10)3(9)5(11)7(8)13/h2H,1H2,(H,14,15). The van der Waals surface area contributed by atoms with Gasteiger partial charge < -0.3 is 9.42 Å². The molecular weight excluding hydrogens is 352 g/mol. The van der Waals surface area contributed by atoms with E-state index in [1.807, 2.05) is 0 Å². The van der Waals surface area contributed by atoms with Crippen molar-refractivity contribution in [2.45, 2.75) is 0 Å². The fourth-order valence-corrected chi connectivity index (χ4v) is 2.66. The lowest BCUT2D eigenvalue weighted by atomic mass is 10.3. The summed E-state index contributed by atoms with van der Waals surface area (Å²) < 4.78 is 16.1. The molecule has 0 radical (unpaired) electrons. The minimum Gasteiger partial charge on any atom is -0.418 e. The first-order valence-electron chi connectivity index (χ1n) is 3.88. The normalized spacial score (nSPS) is 14.2. The maximum Gasteiger partial charge on any atom is 0.400 e. The van der Waals surface area contributed by atoms with Crippen molar-refractivity contribution in [3.8, 4) is 5.75 Å². The molecule has 0 bridgehead atoms. The van der Waals surface area contributed by atoms with Gasteiger partial charge in [-0.25, -0.2) is 4.57 Å². The molecule has 0 amide bonds. The molecule has 0 saturated carbocycles. The Balaban J connectivity index is 3.45. The SMILES string of the molecule is C=CP(=O)(O)Oc1c(Cl)c(Cl)c(Cl)c(Cl)c1Cl. The molecule has 1 aromatic rings. The van der Waals surface area contributed by atoms with Crippen LogP contribution in [0.4, 0.5) is 0 Å². The second kappa shape index (κ2) is 5.58. The predicted octanol–water partition coefficient (Wildman–Crippen LogP) is 5.66. The van der Waals surface area contributed by atoms with Crippen molar-refractivity contribution in [1.82, 2.24) is 0 Å². The van der Waals surface area contributed by atoms with E-state index in [9.17, 15) is 9.46 Å². The highest BCUT2D eigenvalue weighted by Gasteiger charge is 2.25. The van der Waals surface area contributed by atoms with Crippen molar-refractivity contribution in [2.75, 3.05) is 0 Å². The van der Waals surface area contributed by atoms with Gasteiger partial charge in [-0.15, -0.1) is 0 Å². The molecule has 0 spiro atoms. The molecule has 17 heavy (non-hydrogen) atoms. The molecule has 1 rings (SSSR count). The van der Waals surface area contributed by atoms with Crippen molar-refractivity contribution < 1.29 is 14.0 Å². The molecule has 94 valence electrons. The summed E-state index contributed by atoms with van der Waals surface area (Å²) in [5.74, 6) is 0.397. The molecular formula is C8H4Cl5O3P. The third-order valence-corrected chi connectivity index (χ3v) is 4.77.